The summed E-state index contributed by atoms with van der Waals surface area (Å²) in [6.45, 7) is 7.57. The van der Waals surface area contributed by atoms with E-state index in [0.29, 0.717) is 10.7 Å². The van der Waals surface area contributed by atoms with E-state index in [4.69, 9.17) is 11.6 Å². The normalized spacial score (nSPS) is 11.3. The molecule has 0 aliphatic rings. The van der Waals surface area contributed by atoms with E-state index in [2.05, 4.69) is 10.4 Å². The van der Waals surface area contributed by atoms with Gasteiger partial charge in [0.25, 0.3) is 0 Å². The monoisotopic (exact) mass is 337 g/mol. The Kier molecular flexibility index (Phi) is 5.20. The number of benzene rings is 1. The summed E-state index contributed by atoms with van der Waals surface area (Å²) in [5.41, 5.74) is -0.0682. The Hall–Kier alpha value is -2.15. The first-order valence-corrected chi connectivity index (χ1v) is 7.79. The highest BCUT2D eigenvalue weighted by Gasteiger charge is 2.22. The Morgan fingerprint density at radius 2 is 1.78 bits per heavy atom. The Balaban J connectivity index is 2.29. The molecular weight excluding hydrogens is 318 g/mol. The lowest BCUT2D eigenvalue weighted by atomic mass is 10.2. The summed E-state index contributed by atoms with van der Waals surface area (Å²) < 4.78 is 2.13. The van der Waals surface area contributed by atoms with Gasteiger partial charge in [-0.1, -0.05) is 23.7 Å². The van der Waals surface area contributed by atoms with Crippen molar-refractivity contribution >= 4 is 17.5 Å². The molecule has 0 spiro atoms. The van der Waals surface area contributed by atoms with E-state index in [-0.39, 0.29) is 24.5 Å². The third-order valence-electron chi connectivity index (χ3n) is 3.41. The summed E-state index contributed by atoms with van der Waals surface area (Å²) in [7, 11) is 0. The van der Waals surface area contributed by atoms with Crippen LogP contribution in [0.15, 0.2) is 29.1 Å². The molecule has 0 saturated heterocycles. The first-order chi connectivity index (χ1) is 10.8. The highest BCUT2D eigenvalue weighted by Crippen LogP contribution is 2.16. The van der Waals surface area contributed by atoms with Gasteiger partial charge in [0, 0.05) is 12.1 Å². The van der Waals surface area contributed by atoms with Crippen LogP contribution in [0.3, 0.4) is 0 Å². The number of carbonyl (C=O) groups excluding carboxylic acids is 1. The third-order valence-corrected chi connectivity index (χ3v) is 3.73. The SMILES string of the molecule is CC(C)N(C(=O)Cn1nnn(-c2ccccc2Cl)c1=O)C(C)C. The molecule has 0 saturated carbocycles. The zero-order valence-electron chi connectivity index (χ0n) is 13.6. The molecule has 1 heterocycles. The summed E-state index contributed by atoms with van der Waals surface area (Å²) in [5, 5.41) is 7.98. The minimum Gasteiger partial charge on any atom is -0.336 e. The van der Waals surface area contributed by atoms with Crippen LogP contribution in [0.1, 0.15) is 27.7 Å². The summed E-state index contributed by atoms with van der Waals surface area (Å²) in [4.78, 5) is 26.5. The quantitative estimate of drug-likeness (QED) is 0.832. The molecule has 0 atom stereocenters. The molecule has 0 fully saturated rings. The second kappa shape index (κ2) is 6.95. The number of rotatable bonds is 5. The van der Waals surface area contributed by atoms with Crippen molar-refractivity contribution in [3.8, 4) is 5.69 Å². The molecule has 0 unspecified atom stereocenters. The molecule has 0 radical (unpaired) electrons. The maximum absolute atomic E-state index is 12.4. The van der Waals surface area contributed by atoms with Crippen LogP contribution in [0.25, 0.3) is 5.69 Å². The highest BCUT2D eigenvalue weighted by molar-refractivity contribution is 6.32. The van der Waals surface area contributed by atoms with Crippen molar-refractivity contribution in [1.82, 2.24) is 24.7 Å². The van der Waals surface area contributed by atoms with Gasteiger partial charge in [-0.2, -0.15) is 9.36 Å². The Bertz CT molecular complexity index is 742. The molecule has 0 aliphatic carbocycles. The number of aromatic nitrogens is 4. The van der Waals surface area contributed by atoms with Gasteiger partial charge in [-0.15, -0.1) is 0 Å². The van der Waals surface area contributed by atoms with Gasteiger partial charge in [-0.25, -0.2) is 4.79 Å². The molecule has 2 aromatic rings. The molecule has 23 heavy (non-hydrogen) atoms. The van der Waals surface area contributed by atoms with Gasteiger partial charge in [0.1, 0.15) is 6.54 Å². The summed E-state index contributed by atoms with van der Waals surface area (Å²) in [6, 6.07) is 6.91. The average Bonchev–Trinajstić information content (AvgIpc) is 2.80. The van der Waals surface area contributed by atoms with E-state index in [1.165, 1.54) is 0 Å². The maximum Gasteiger partial charge on any atom is 0.369 e. The summed E-state index contributed by atoms with van der Waals surface area (Å²) >= 11 is 6.07. The zero-order valence-corrected chi connectivity index (χ0v) is 14.4. The van der Waals surface area contributed by atoms with E-state index in [1.807, 2.05) is 27.7 Å². The lowest BCUT2D eigenvalue weighted by molar-refractivity contribution is -0.135. The number of hydrogen-bond donors (Lipinski definition) is 0. The number of para-hydroxylation sites is 1. The van der Waals surface area contributed by atoms with Crippen LogP contribution in [-0.4, -0.2) is 42.7 Å². The van der Waals surface area contributed by atoms with E-state index < -0.39 is 5.69 Å². The van der Waals surface area contributed by atoms with Crippen molar-refractivity contribution in [1.29, 1.82) is 0 Å². The van der Waals surface area contributed by atoms with Gasteiger partial charge in [0.15, 0.2) is 0 Å². The molecule has 124 valence electrons. The lowest BCUT2D eigenvalue weighted by Gasteiger charge is -2.30. The fourth-order valence-electron chi connectivity index (χ4n) is 2.53. The molecule has 1 aromatic carbocycles. The largest absolute Gasteiger partial charge is 0.369 e. The van der Waals surface area contributed by atoms with Crippen molar-refractivity contribution < 1.29 is 4.79 Å². The lowest BCUT2D eigenvalue weighted by Crippen LogP contribution is -2.45. The zero-order chi connectivity index (χ0) is 17.1. The van der Waals surface area contributed by atoms with Gasteiger partial charge in [0.2, 0.25) is 5.91 Å². The van der Waals surface area contributed by atoms with Crippen molar-refractivity contribution in [2.75, 3.05) is 0 Å². The van der Waals surface area contributed by atoms with Gasteiger partial charge < -0.3 is 4.90 Å². The molecule has 2 rings (SSSR count). The Morgan fingerprint density at radius 3 is 2.35 bits per heavy atom. The van der Waals surface area contributed by atoms with Crippen LogP contribution in [0.4, 0.5) is 0 Å². The molecule has 1 amide bonds. The molecule has 0 aliphatic heterocycles. The number of hydrogen-bond acceptors (Lipinski definition) is 4. The molecule has 1 aromatic heterocycles. The fraction of sp³-hybridized carbons (Fsp3) is 0.467. The summed E-state index contributed by atoms with van der Waals surface area (Å²) in [5.74, 6) is -0.177. The second-order valence-electron chi connectivity index (χ2n) is 5.77. The standard InChI is InChI=1S/C15H20ClN5O2/c1-10(2)20(11(3)4)14(22)9-19-15(23)21(18-17-19)13-8-6-5-7-12(13)16/h5-8,10-11H,9H2,1-4H3. The van der Waals surface area contributed by atoms with E-state index >= 15 is 0 Å². The van der Waals surface area contributed by atoms with Crippen LogP contribution in [0.2, 0.25) is 5.02 Å². The van der Waals surface area contributed by atoms with Crippen LogP contribution in [-0.2, 0) is 11.3 Å². The fourth-order valence-corrected chi connectivity index (χ4v) is 2.75. The Labute approximate surface area is 139 Å². The number of halogens is 1. The van der Waals surface area contributed by atoms with Crippen molar-refractivity contribution in [2.24, 2.45) is 0 Å². The van der Waals surface area contributed by atoms with Crippen LogP contribution in [0.5, 0.6) is 0 Å². The topological polar surface area (TPSA) is 73.0 Å². The van der Waals surface area contributed by atoms with Gasteiger partial charge in [-0.05, 0) is 50.3 Å². The third kappa shape index (κ3) is 3.61. The van der Waals surface area contributed by atoms with E-state index in [1.54, 1.807) is 29.2 Å². The smallest absolute Gasteiger partial charge is 0.336 e. The average molecular weight is 338 g/mol. The molecule has 7 nitrogen and oxygen atoms in total. The highest BCUT2D eigenvalue weighted by atomic mass is 35.5. The molecule has 8 heteroatoms. The van der Waals surface area contributed by atoms with E-state index in [0.717, 1.165) is 9.36 Å². The first-order valence-electron chi connectivity index (χ1n) is 7.41. The number of nitrogens with zero attached hydrogens (tertiary/aromatic N) is 5. The Morgan fingerprint density at radius 1 is 1.17 bits per heavy atom. The van der Waals surface area contributed by atoms with Crippen LogP contribution < -0.4 is 5.69 Å². The second-order valence-corrected chi connectivity index (χ2v) is 6.18. The van der Waals surface area contributed by atoms with Crippen molar-refractivity contribution in [2.45, 2.75) is 46.3 Å². The van der Waals surface area contributed by atoms with Crippen molar-refractivity contribution in [3.63, 3.8) is 0 Å². The molecular formula is C15H20ClN5O2. The van der Waals surface area contributed by atoms with Gasteiger partial charge in [-0.3, -0.25) is 4.79 Å². The van der Waals surface area contributed by atoms with Gasteiger partial charge >= 0.3 is 5.69 Å². The number of carbonyl (C=O) groups is 1. The van der Waals surface area contributed by atoms with E-state index in [9.17, 15) is 9.59 Å². The minimum atomic E-state index is -0.501. The van der Waals surface area contributed by atoms with Crippen LogP contribution in [0, 0.1) is 0 Å². The molecule has 0 bridgehead atoms. The number of tetrazole rings is 1. The molecule has 0 N–H and O–H groups in total. The van der Waals surface area contributed by atoms with Crippen molar-refractivity contribution in [3.05, 3.63) is 39.8 Å². The van der Waals surface area contributed by atoms with Gasteiger partial charge in [0.05, 0.1) is 10.7 Å². The predicted molar refractivity (Wildman–Crippen MR) is 87.7 cm³/mol. The summed E-state index contributed by atoms with van der Waals surface area (Å²) in [6.07, 6.45) is 0. The number of amides is 1. The maximum atomic E-state index is 12.4. The predicted octanol–water partition coefficient (Wildman–Crippen LogP) is 1.73. The minimum absolute atomic E-state index is 0.0387. The first kappa shape index (κ1) is 17.2. The van der Waals surface area contributed by atoms with Crippen LogP contribution >= 0.6 is 11.6 Å².